The van der Waals surface area contributed by atoms with Crippen molar-refractivity contribution in [1.82, 2.24) is 5.43 Å². The summed E-state index contributed by atoms with van der Waals surface area (Å²) in [6.07, 6.45) is 1.11. The van der Waals surface area contributed by atoms with Crippen molar-refractivity contribution in [2.75, 3.05) is 10.6 Å². The molecule has 3 rings (SSSR count). The van der Waals surface area contributed by atoms with E-state index < -0.39 is 15.9 Å². The van der Waals surface area contributed by atoms with Crippen LogP contribution in [0.1, 0.15) is 28.4 Å². The van der Waals surface area contributed by atoms with Gasteiger partial charge in [0, 0.05) is 16.1 Å². The van der Waals surface area contributed by atoms with Crippen molar-refractivity contribution in [3.8, 4) is 5.75 Å². The molecule has 0 saturated heterocycles. The number of hydrogen-bond acceptors (Lipinski definition) is 5. The number of nitrogens with zero attached hydrogens (tertiary/aromatic N) is 2. The predicted octanol–water partition coefficient (Wildman–Crippen LogP) is 4.17. The van der Waals surface area contributed by atoms with Crippen LogP contribution >= 0.6 is 11.6 Å². The number of para-hydroxylation sites is 1. The lowest BCUT2D eigenvalue weighted by Gasteiger charge is -2.23. The maximum Gasteiger partial charge on any atom is 0.271 e. The number of amides is 1. The molecule has 0 bridgehead atoms. The summed E-state index contributed by atoms with van der Waals surface area (Å²) in [6, 6.07) is 19.8. The number of hydrogen-bond donors (Lipinski definition) is 2. The second kappa shape index (κ2) is 9.84. The van der Waals surface area contributed by atoms with Crippen LogP contribution < -0.4 is 9.73 Å². The van der Waals surface area contributed by atoms with Gasteiger partial charge in [-0.05, 0) is 55.0 Å². The summed E-state index contributed by atoms with van der Waals surface area (Å²) in [5, 5.41) is 14.4. The van der Waals surface area contributed by atoms with Crippen LogP contribution in [0, 0.1) is 0 Å². The summed E-state index contributed by atoms with van der Waals surface area (Å²) >= 11 is 6.18. The molecule has 0 aliphatic heterocycles. The fourth-order valence-corrected chi connectivity index (χ4v) is 4.07. The van der Waals surface area contributed by atoms with Gasteiger partial charge in [-0.15, -0.1) is 0 Å². The van der Waals surface area contributed by atoms with Gasteiger partial charge in [0.1, 0.15) is 5.75 Å². The Bertz CT molecular complexity index is 1260. The lowest BCUT2D eigenvalue weighted by Crippen LogP contribution is -2.29. The van der Waals surface area contributed by atoms with E-state index in [0.29, 0.717) is 33.1 Å². The van der Waals surface area contributed by atoms with E-state index in [0.717, 1.165) is 6.26 Å². The van der Waals surface area contributed by atoms with Gasteiger partial charge in [-0.2, -0.15) is 5.10 Å². The van der Waals surface area contributed by atoms with Gasteiger partial charge in [-0.25, -0.2) is 13.8 Å². The molecule has 0 saturated carbocycles. The molecule has 0 aliphatic carbocycles. The molecule has 7 nitrogen and oxygen atoms in total. The van der Waals surface area contributed by atoms with E-state index in [4.69, 9.17) is 11.6 Å². The maximum atomic E-state index is 12.4. The van der Waals surface area contributed by atoms with Gasteiger partial charge in [0.25, 0.3) is 5.91 Å². The molecule has 0 unspecified atom stereocenters. The van der Waals surface area contributed by atoms with Crippen molar-refractivity contribution < 1.29 is 18.3 Å². The van der Waals surface area contributed by atoms with Crippen LogP contribution in [0.25, 0.3) is 0 Å². The predicted molar refractivity (Wildman–Crippen MR) is 127 cm³/mol. The van der Waals surface area contributed by atoms with Crippen molar-refractivity contribution in [3.63, 3.8) is 0 Å². The van der Waals surface area contributed by atoms with Crippen LogP contribution in [0.3, 0.4) is 0 Å². The molecule has 0 radical (unpaired) electrons. The molecular weight excluding hydrogens is 450 g/mol. The van der Waals surface area contributed by atoms with Crippen molar-refractivity contribution in [2.45, 2.75) is 13.5 Å². The average Bonchev–Trinajstić information content (AvgIpc) is 2.76. The third-order valence-electron chi connectivity index (χ3n) is 4.71. The molecule has 2 N–H and O–H groups in total. The van der Waals surface area contributed by atoms with Gasteiger partial charge >= 0.3 is 0 Å². The molecule has 3 aromatic carbocycles. The summed E-state index contributed by atoms with van der Waals surface area (Å²) in [4.78, 5) is 12.4. The smallest absolute Gasteiger partial charge is 0.271 e. The van der Waals surface area contributed by atoms with Gasteiger partial charge < -0.3 is 5.11 Å². The number of benzene rings is 3. The number of halogens is 1. The summed E-state index contributed by atoms with van der Waals surface area (Å²) in [5.41, 5.74) is 4.75. The Balaban J connectivity index is 1.77. The van der Waals surface area contributed by atoms with Crippen LogP contribution in [0.15, 0.2) is 77.9 Å². The molecular formula is C23H22ClN3O4S. The monoisotopic (exact) mass is 471 g/mol. The molecule has 9 heteroatoms. The standard InChI is InChI=1S/C23H22ClN3O4S/c1-16(20-8-4-6-10-22(20)28)25-26-23(29)17-11-13-19(14-12-17)27(32(2,30)31)15-18-7-3-5-9-21(18)24/h3-14,28H,15H2,1-2H3,(H,26,29). The number of carbonyl (C=O) groups is 1. The number of rotatable bonds is 7. The minimum Gasteiger partial charge on any atom is -0.507 e. The van der Waals surface area contributed by atoms with Crippen molar-refractivity contribution in [2.24, 2.45) is 5.10 Å². The van der Waals surface area contributed by atoms with Crippen molar-refractivity contribution in [1.29, 1.82) is 0 Å². The number of carbonyl (C=O) groups excluding carboxylic acids is 1. The van der Waals surface area contributed by atoms with Gasteiger partial charge in [-0.1, -0.05) is 41.9 Å². The summed E-state index contributed by atoms with van der Waals surface area (Å²) < 4.78 is 26.0. The van der Waals surface area contributed by atoms with Crippen LogP contribution in [0.4, 0.5) is 5.69 Å². The zero-order valence-electron chi connectivity index (χ0n) is 17.5. The minimum atomic E-state index is -3.59. The summed E-state index contributed by atoms with van der Waals surface area (Å²) in [6.45, 7) is 1.73. The Labute approximate surface area is 192 Å². The Morgan fingerprint density at radius 3 is 2.28 bits per heavy atom. The molecule has 0 aromatic heterocycles. The number of sulfonamides is 1. The first-order valence-corrected chi connectivity index (χ1v) is 11.8. The first-order valence-electron chi connectivity index (χ1n) is 9.61. The minimum absolute atomic E-state index is 0.0618. The fraction of sp³-hybridized carbons (Fsp3) is 0.130. The van der Waals surface area contributed by atoms with Gasteiger partial charge in [0.15, 0.2) is 0 Å². The third kappa shape index (κ3) is 5.66. The molecule has 3 aromatic rings. The molecule has 0 spiro atoms. The van der Waals surface area contributed by atoms with Crippen LogP contribution in [0.2, 0.25) is 5.02 Å². The Kier molecular flexibility index (Phi) is 7.17. The summed E-state index contributed by atoms with van der Waals surface area (Å²) in [7, 11) is -3.59. The molecule has 0 aliphatic rings. The van der Waals surface area contributed by atoms with E-state index in [-0.39, 0.29) is 12.3 Å². The highest BCUT2D eigenvalue weighted by Gasteiger charge is 2.19. The largest absolute Gasteiger partial charge is 0.507 e. The number of phenolic OH excluding ortho intramolecular Hbond substituents is 1. The number of hydrazone groups is 1. The highest BCUT2D eigenvalue weighted by Crippen LogP contribution is 2.24. The van der Waals surface area contributed by atoms with E-state index in [1.165, 1.54) is 22.5 Å². The molecule has 166 valence electrons. The highest BCUT2D eigenvalue weighted by molar-refractivity contribution is 7.92. The molecule has 0 fully saturated rings. The third-order valence-corrected chi connectivity index (χ3v) is 6.22. The quantitative estimate of drug-likeness (QED) is 0.399. The molecule has 0 heterocycles. The van der Waals surface area contributed by atoms with Crippen molar-refractivity contribution in [3.05, 3.63) is 94.5 Å². The Morgan fingerprint density at radius 2 is 1.66 bits per heavy atom. The Hall–Kier alpha value is -3.36. The topological polar surface area (TPSA) is 99.1 Å². The normalized spacial score (nSPS) is 11.8. The van der Waals surface area contributed by atoms with E-state index >= 15 is 0 Å². The highest BCUT2D eigenvalue weighted by atomic mass is 35.5. The van der Waals surface area contributed by atoms with E-state index in [9.17, 15) is 18.3 Å². The molecule has 1 amide bonds. The number of aromatic hydroxyl groups is 1. The van der Waals surface area contributed by atoms with Crippen LogP contribution in [-0.4, -0.2) is 31.4 Å². The molecule has 32 heavy (non-hydrogen) atoms. The van der Waals surface area contributed by atoms with Crippen molar-refractivity contribution >= 4 is 38.9 Å². The second-order valence-corrected chi connectivity index (χ2v) is 9.38. The second-order valence-electron chi connectivity index (χ2n) is 7.06. The van der Waals surface area contributed by atoms with Crippen LogP contribution in [-0.2, 0) is 16.6 Å². The average molecular weight is 472 g/mol. The number of phenols is 1. The Morgan fingerprint density at radius 1 is 1.03 bits per heavy atom. The first-order chi connectivity index (χ1) is 15.2. The number of anilines is 1. The van der Waals surface area contributed by atoms with E-state index in [1.54, 1.807) is 61.5 Å². The molecule has 0 atom stereocenters. The van der Waals surface area contributed by atoms with Gasteiger partial charge in [0.05, 0.1) is 24.2 Å². The fourth-order valence-electron chi connectivity index (χ4n) is 3.00. The lowest BCUT2D eigenvalue weighted by molar-refractivity contribution is 0.0955. The first kappa shape index (κ1) is 23.3. The lowest BCUT2D eigenvalue weighted by atomic mass is 10.1. The maximum absolute atomic E-state index is 12.4. The van der Waals surface area contributed by atoms with Gasteiger partial charge in [0.2, 0.25) is 10.0 Å². The SMILES string of the molecule is CC(=NNC(=O)c1ccc(N(Cc2ccccc2Cl)S(C)(=O)=O)cc1)c1ccccc1O. The zero-order valence-corrected chi connectivity index (χ0v) is 19.1. The van der Waals surface area contributed by atoms with Gasteiger partial charge in [-0.3, -0.25) is 9.10 Å². The zero-order chi connectivity index (χ0) is 23.3. The van der Waals surface area contributed by atoms with E-state index in [1.807, 2.05) is 0 Å². The number of nitrogens with one attached hydrogen (secondary N) is 1. The van der Waals surface area contributed by atoms with Crippen LogP contribution in [0.5, 0.6) is 5.75 Å². The van der Waals surface area contributed by atoms with E-state index in [2.05, 4.69) is 10.5 Å². The summed E-state index contributed by atoms with van der Waals surface area (Å²) in [5.74, 6) is -0.407.